The Hall–Kier alpha value is -3.91. The molecule has 0 aliphatic heterocycles. The molecule has 0 unspecified atom stereocenters. The van der Waals surface area contributed by atoms with Crippen LogP contribution >= 0.6 is 0 Å². The van der Waals surface area contributed by atoms with Gasteiger partial charge in [0.2, 0.25) is 0 Å². The van der Waals surface area contributed by atoms with Crippen LogP contribution in [0.15, 0.2) is 121 Å². The Bertz CT molecular complexity index is 1120. The lowest BCUT2D eigenvalue weighted by molar-refractivity contribution is 0.0913. The quantitative estimate of drug-likeness (QED) is 0.353. The van der Waals surface area contributed by atoms with Gasteiger partial charge in [-0.3, -0.25) is 4.79 Å². The summed E-state index contributed by atoms with van der Waals surface area (Å²) in [6.07, 6.45) is 4.89. The minimum Gasteiger partial charge on any atom is -0.338 e. The van der Waals surface area contributed by atoms with E-state index < -0.39 is 5.54 Å². The van der Waals surface area contributed by atoms with Gasteiger partial charge in [-0.15, -0.1) is 0 Å². The van der Waals surface area contributed by atoms with Crippen LogP contribution in [0, 0.1) is 6.92 Å². The van der Waals surface area contributed by atoms with Gasteiger partial charge in [-0.2, -0.15) is 0 Å². The average molecular weight is 418 g/mol. The lowest BCUT2D eigenvalue weighted by atomic mass is 9.79. The van der Waals surface area contributed by atoms with Crippen molar-refractivity contribution < 1.29 is 4.79 Å². The van der Waals surface area contributed by atoms with Crippen LogP contribution in [0.2, 0.25) is 0 Å². The van der Waals surface area contributed by atoms with Crippen LogP contribution in [-0.2, 0) is 5.54 Å². The highest BCUT2D eigenvalue weighted by Gasteiger charge is 2.35. The molecule has 2 nitrogen and oxygen atoms in total. The molecule has 1 N–H and O–H groups in total. The van der Waals surface area contributed by atoms with Crippen molar-refractivity contribution in [3.63, 3.8) is 0 Å². The maximum Gasteiger partial charge on any atom is 0.252 e. The lowest BCUT2D eigenvalue weighted by Crippen LogP contribution is -2.46. The number of nitrogens with one attached hydrogen (secondary N) is 1. The standard InChI is InChI=1S/C30H27NO/c1-24-19-21-25(22-20-24)12-11-23-30(27-15-7-3-8-16-27,28-17-9-4-10-18-28)31-29(32)26-13-5-2-6-14-26/h2-22H,23H2,1H3,(H,31,32). The van der Waals surface area contributed by atoms with Gasteiger partial charge in [-0.25, -0.2) is 0 Å². The molecule has 0 spiro atoms. The fraction of sp³-hybridized carbons (Fsp3) is 0.100. The predicted molar refractivity (Wildman–Crippen MR) is 132 cm³/mol. The molecule has 4 aromatic carbocycles. The maximum absolute atomic E-state index is 13.3. The number of rotatable bonds is 7. The van der Waals surface area contributed by atoms with Crippen molar-refractivity contribution in [2.45, 2.75) is 18.9 Å². The van der Waals surface area contributed by atoms with E-state index in [1.165, 1.54) is 5.56 Å². The molecule has 0 atom stereocenters. The van der Waals surface area contributed by atoms with E-state index >= 15 is 0 Å². The SMILES string of the molecule is Cc1ccc(C=CCC(NC(=O)c2ccccc2)(c2ccccc2)c2ccccc2)cc1. The fourth-order valence-corrected chi connectivity index (χ4v) is 3.95. The van der Waals surface area contributed by atoms with Gasteiger partial charge in [0.1, 0.15) is 0 Å². The van der Waals surface area contributed by atoms with Crippen LogP contribution in [0.5, 0.6) is 0 Å². The summed E-state index contributed by atoms with van der Waals surface area (Å²) in [6.45, 7) is 2.09. The normalized spacial score (nSPS) is 11.4. The minimum atomic E-state index is -0.698. The molecule has 0 aliphatic carbocycles. The summed E-state index contributed by atoms with van der Waals surface area (Å²) in [5.41, 5.74) is 4.41. The first-order valence-electron chi connectivity index (χ1n) is 10.9. The van der Waals surface area contributed by atoms with E-state index in [1.54, 1.807) is 0 Å². The number of amides is 1. The first kappa shape index (κ1) is 21.3. The van der Waals surface area contributed by atoms with Gasteiger partial charge in [-0.05, 0) is 42.2 Å². The third-order valence-electron chi connectivity index (χ3n) is 5.71. The summed E-state index contributed by atoms with van der Waals surface area (Å²) < 4.78 is 0. The van der Waals surface area contributed by atoms with Gasteiger partial charge in [-0.1, -0.05) is 121 Å². The smallest absolute Gasteiger partial charge is 0.252 e. The molecule has 0 saturated carbocycles. The van der Waals surface area contributed by atoms with Crippen molar-refractivity contribution in [1.82, 2.24) is 5.32 Å². The van der Waals surface area contributed by atoms with E-state index in [-0.39, 0.29) is 5.91 Å². The van der Waals surface area contributed by atoms with Crippen LogP contribution in [0.3, 0.4) is 0 Å². The molecular formula is C30H27NO. The molecule has 4 rings (SSSR count). The van der Waals surface area contributed by atoms with Crippen LogP contribution in [0.25, 0.3) is 6.08 Å². The first-order chi connectivity index (χ1) is 15.7. The van der Waals surface area contributed by atoms with Gasteiger partial charge in [0, 0.05) is 5.56 Å². The van der Waals surface area contributed by atoms with Crippen LogP contribution in [0.4, 0.5) is 0 Å². The molecular weight excluding hydrogens is 390 g/mol. The van der Waals surface area contributed by atoms with E-state index in [0.29, 0.717) is 12.0 Å². The van der Waals surface area contributed by atoms with E-state index in [0.717, 1.165) is 16.7 Å². The number of aryl methyl sites for hydroxylation is 1. The van der Waals surface area contributed by atoms with Crippen molar-refractivity contribution in [3.05, 3.63) is 149 Å². The molecule has 0 aliphatic rings. The number of hydrogen-bond acceptors (Lipinski definition) is 1. The Balaban J connectivity index is 1.77. The summed E-state index contributed by atoms with van der Waals surface area (Å²) in [7, 11) is 0. The Labute approximate surface area is 190 Å². The van der Waals surface area contributed by atoms with Crippen molar-refractivity contribution in [3.8, 4) is 0 Å². The zero-order chi connectivity index (χ0) is 22.2. The van der Waals surface area contributed by atoms with Crippen molar-refractivity contribution in [2.24, 2.45) is 0 Å². The molecule has 0 radical (unpaired) electrons. The zero-order valence-electron chi connectivity index (χ0n) is 18.2. The van der Waals surface area contributed by atoms with E-state index in [1.807, 2.05) is 66.7 Å². The van der Waals surface area contributed by atoms with Crippen LogP contribution < -0.4 is 5.32 Å². The molecule has 158 valence electrons. The summed E-state index contributed by atoms with van der Waals surface area (Å²) in [5.74, 6) is -0.0953. The monoisotopic (exact) mass is 417 g/mol. The molecule has 0 aromatic heterocycles. The average Bonchev–Trinajstić information content (AvgIpc) is 2.86. The number of hydrogen-bond donors (Lipinski definition) is 1. The number of benzene rings is 4. The highest BCUT2D eigenvalue weighted by Crippen LogP contribution is 2.34. The van der Waals surface area contributed by atoms with Crippen LogP contribution in [0.1, 0.15) is 39.0 Å². The topological polar surface area (TPSA) is 29.1 Å². The van der Waals surface area contributed by atoms with Gasteiger partial charge >= 0.3 is 0 Å². The molecule has 4 aromatic rings. The largest absolute Gasteiger partial charge is 0.338 e. The molecule has 1 amide bonds. The van der Waals surface area contributed by atoms with Gasteiger partial charge in [0.05, 0.1) is 5.54 Å². The van der Waals surface area contributed by atoms with Gasteiger partial charge in [0.15, 0.2) is 0 Å². The number of carbonyl (C=O) groups excluding carboxylic acids is 1. The highest BCUT2D eigenvalue weighted by molar-refractivity contribution is 5.95. The second kappa shape index (κ2) is 9.93. The second-order valence-electron chi connectivity index (χ2n) is 7.97. The maximum atomic E-state index is 13.3. The Morgan fingerprint density at radius 1 is 0.719 bits per heavy atom. The molecule has 32 heavy (non-hydrogen) atoms. The second-order valence-corrected chi connectivity index (χ2v) is 7.97. The fourth-order valence-electron chi connectivity index (χ4n) is 3.95. The third-order valence-corrected chi connectivity index (χ3v) is 5.71. The lowest BCUT2D eigenvalue weighted by Gasteiger charge is -2.35. The van der Waals surface area contributed by atoms with Gasteiger partial charge in [0.25, 0.3) is 5.91 Å². The van der Waals surface area contributed by atoms with E-state index in [2.05, 4.69) is 72.9 Å². The highest BCUT2D eigenvalue weighted by atomic mass is 16.1. The van der Waals surface area contributed by atoms with Crippen molar-refractivity contribution in [2.75, 3.05) is 0 Å². The molecule has 0 heterocycles. The summed E-state index contributed by atoms with van der Waals surface area (Å²) in [6, 6.07) is 38.2. The van der Waals surface area contributed by atoms with Crippen LogP contribution in [-0.4, -0.2) is 5.91 Å². The van der Waals surface area contributed by atoms with Gasteiger partial charge < -0.3 is 5.32 Å². The third kappa shape index (κ3) is 4.87. The van der Waals surface area contributed by atoms with Crippen molar-refractivity contribution in [1.29, 1.82) is 0 Å². The van der Waals surface area contributed by atoms with E-state index in [9.17, 15) is 4.79 Å². The molecule has 0 bridgehead atoms. The predicted octanol–water partition coefficient (Wildman–Crippen LogP) is 6.77. The van der Waals surface area contributed by atoms with Crippen molar-refractivity contribution >= 4 is 12.0 Å². The summed E-state index contributed by atoms with van der Waals surface area (Å²) in [4.78, 5) is 13.3. The number of carbonyl (C=O) groups is 1. The summed E-state index contributed by atoms with van der Waals surface area (Å²) in [5, 5.41) is 3.38. The summed E-state index contributed by atoms with van der Waals surface area (Å²) >= 11 is 0. The molecule has 0 saturated heterocycles. The minimum absolute atomic E-state index is 0.0953. The van der Waals surface area contributed by atoms with E-state index in [4.69, 9.17) is 0 Å². The Kier molecular flexibility index (Phi) is 6.62. The molecule has 2 heteroatoms. The zero-order valence-corrected chi connectivity index (χ0v) is 18.2. The first-order valence-corrected chi connectivity index (χ1v) is 10.9. The Morgan fingerprint density at radius 2 is 1.22 bits per heavy atom. The molecule has 0 fully saturated rings. The Morgan fingerprint density at radius 3 is 1.75 bits per heavy atom.